The molecule has 0 bridgehead atoms. The van der Waals surface area contributed by atoms with Gasteiger partial charge in [-0.1, -0.05) is 304 Å². The number of rotatable bonds is 63. The Morgan fingerprint density at radius 1 is 0.363 bits per heavy atom. The van der Waals surface area contributed by atoms with Crippen LogP contribution in [-0.4, -0.2) is 193 Å². The highest BCUT2D eigenvalue weighted by atomic mass is 16.8. The quantitative estimate of drug-likeness (QED) is 0.0199. The molecule has 0 aromatic rings. The number of carbonyl (C=O) groups excluding carboxylic acids is 1. The Balaban J connectivity index is 1.39. The number of unbranched alkanes of at least 4 members (excludes halogenated alkanes) is 33. The summed E-state index contributed by atoms with van der Waals surface area (Å²) in [6.07, 6.45) is 58.2. The molecule has 3 fully saturated rings. The van der Waals surface area contributed by atoms with E-state index in [4.69, 9.17) is 28.4 Å². The van der Waals surface area contributed by atoms with Crippen molar-refractivity contribution in [2.75, 3.05) is 26.4 Å². The van der Waals surface area contributed by atoms with E-state index in [9.17, 15) is 61.0 Å². The third-order valence-corrected chi connectivity index (χ3v) is 19.6. The van der Waals surface area contributed by atoms with E-state index in [1.807, 2.05) is 6.08 Å². The van der Waals surface area contributed by atoms with E-state index in [2.05, 4.69) is 104 Å². The minimum Gasteiger partial charge on any atom is -0.394 e. The molecule has 0 aromatic heterocycles. The SMILES string of the molecule is CC/C=C\C/C=C\C/C=C\C/C=C\C/C=C\C/C=C\C/C=C\CCCCCC(=O)NC(COC1OC(CO)C(OC2OC(CO)C(OC3OC(CO)C(O)C(O)C3O)C(O)C2O)C(O)C1O)C(O)/C=C/CCCCCCCCCCCCCCCCCCCCCCCCCCCCCCCC. The Hall–Kier alpha value is -3.29. The third-order valence-electron chi connectivity index (χ3n) is 19.6. The lowest BCUT2D eigenvalue weighted by Gasteiger charge is -2.48. The predicted octanol–water partition coefficient (Wildman–Crippen LogP) is 13.6. The summed E-state index contributed by atoms with van der Waals surface area (Å²) in [6.45, 7) is 1.62. The average molecular weight is 1450 g/mol. The van der Waals surface area contributed by atoms with Crippen molar-refractivity contribution in [3.63, 3.8) is 0 Å². The molecule has 0 radical (unpaired) electrons. The Kier molecular flexibility index (Phi) is 57.1. The summed E-state index contributed by atoms with van der Waals surface area (Å²) in [5.74, 6) is -0.308. The van der Waals surface area contributed by atoms with Crippen LogP contribution in [0.5, 0.6) is 0 Å². The van der Waals surface area contributed by atoms with Gasteiger partial charge in [0.15, 0.2) is 18.9 Å². The number of carbonyl (C=O) groups is 1. The third kappa shape index (κ3) is 42.3. The van der Waals surface area contributed by atoms with E-state index in [1.54, 1.807) is 6.08 Å². The highest BCUT2D eigenvalue weighted by Crippen LogP contribution is 2.33. The second-order valence-corrected chi connectivity index (χ2v) is 28.5. The van der Waals surface area contributed by atoms with Gasteiger partial charge in [0.1, 0.15) is 73.2 Å². The summed E-state index contributed by atoms with van der Waals surface area (Å²) in [5, 5.41) is 121. The van der Waals surface area contributed by atoms with E-state index >= 15 is 0 Å². The lowest BCUT2D eigenvalue weighted by Crippen LogP contribution is -2.66. The van der Waals surface area contributed by atoms with Gasteiger partial charge in [-0.3, -0.25) is 4.79 Å². The fraction of sp³-hybridized carbons (Fsp3) is 0.795. The molecule has 17 unspecified atom stereocenters. The van der Waals surface area contributed by atoms with Gasteiger partial charge < -0.3 is 89.9 Å². The van der Waals surface area contributed by atoms with Gasteiger partial charge >= 0.3 is 0 Å². The van der Waals surface area contributed by atoms with Crippen molar-refractivity contribution < 1.29 is 89.4 Å². The summed E-state index contributed by atoms with van der Waals surface area (Å²) >= 11 is 0. The van der Waals surface area contributed by atoms with Crippen LogP contribution < -0.4 is 5.32 Å². The molecule has 19 heteroatoms. The molecule has 0 aliphatic carbocycles. The van der Waals surface area contributed by atoms with Gasteiger partial charge in [-0.25, -0.2) is 0 Å². The van der Waals surface area contributed by atoms with Crippen molar-refractivity contribution in [1.29, 1.82) is 0 Å². The standard InChI is InChI=1S/C83H145NO18/c1-3-5-7-9-11-13-15-17-19-21-23-25-27-29-30-31-32-33-34-35-37-38-40-42-44-46-48-50-52-54-56-58-60-67(88)66(84-71(89)61-59-57-55-53-51-49-47-45-43-41-39-36-28-26-24-22-20-18-16-14-12-10-8-6-4-2)65-97-81-77(95)74(92)79(69(63-86)99-81)102-83-78(96)75(93)80(70(64-87)100-83)101-82-76(94)73(91)72(90)68(62-85)98-82/h6,8,12,14,18,20,24,26,36,39,43,45,49,51,58,60,66-70,72-83,85-88,90-96H,3-5,7,9-11,13,15-17,19,21-23,25,27-35,37-38,40-42,44,46-48,50,52-57,59,61-65H2,1-2H3,(H,84,89)/b8-6-,14-12-,20-18-,26-24-,39-36-,45-43-,51-49-,60-58+. The van der Waals surface area contributed by atoms with Gasteiger partial charge in [-0.05, 0) is 77.0 Å². The molecule has 0 spiro atoms. The van der Waals surface area contributed by atoms with Gasteiger partial charge in [0.2, 0.25) is 5.91 Å². The largest absolute Gasteiger partial charge is 0.394 e. The maximum absolute atomic E-state index is 13.5. The van der Waals surface area contributed by atoms with Gasteiger partial charge in [0.05, 0.1) is 38.6 Å². The van der Waals surface area contributed by atoms with Gasteiger partial charge in [-0.2, -0.15) is 0 Å². The molecule has 19 nitrogen and oxygen atoms in total. The molecule has 12 N–H and O–H groups in total. The molecule has 3 saturated heterocycles. The zero-order valence-electron chi connectivity index (χ0n) is 63.1. The van der Waals surface area contributed by atoms with Crippen LogP contribution in [0.1, 0.15) is 290 Å². The summed E-state index contributed by atoms with van der Waals surface area (Å²) < 4.78 is 34.4. The van der Waals surface area contributed by atoms with Crippen molar-refractivity contribution in [2.24, 2.45) is 0 Å². The number of hydrogen-bond donors (Lipinski definition) is 12. The van der Waals surface area contributed by atoms with Crippen LogP contribution in [0.15, 0.2) is 97.2 Å². The summed E-state index contributed by atoms with van der Waals surface area (Å²) in [5.41, 5.74) is 0. The van der Waals surface area contributed by atoms with E-state index in [0.29, 0.717) is 6.42 Å². The van der Waals surface area contributed by atoms with Crippen molar-refractivity contribution in [1.82, 2.24) is 5.32 Å². The van der Waals surface area contributed by atoms with Crippen LogP contribution in [0.3, 0.4) is 0 Å². The minimum absolute atomic E-state index is 0.198. The Morgan fingerprint density at radius 3 is 1.06 bits per heavy atom. The summed E-state index contributed by atoms with van der Waals surface area (Å²) in [6, 6.07) is -1.00. The number of allylic oxidation sites excluding steroid dienone is 15. The van der Waals surface area contributed by atoms with Crippen LogP contribution in [0.25, 0.3) is 0 Å². The molecule has 3 aliphatic heterocycles. The Morgan fingerprint density at radius 2 is 0.676 bits per heavy atom. The maximum Gasteiger partial charge on any atom is 0.220 e. The van der Waals surface area contributed by atoms with E-state index in [1.165, 1.54) is 173 Å². The first-order chi connectivity index (χ1) is 49.8. The van der Waals surface area contributed by atoms with E-state index in [0.717, 1.165) is 89.9 Å². The molecule has 3 aliphatic rings. The first-order valence-electron chi connectivity index (χ1n) is 40.5. The van der Waals surface area contributed by atoms with Crippen molar-refractivity contribution >= 4 is 5.91 Å². The Labute approximate surface area is 615 Å². The van der Waals surface area contributed by atoms with Crippen molar-refractivity contribution in [2.45, 2.75) is 394 Å². The minimum atomic E-state index is -1.99. The smallest absolute Gasteiger partial charge is 0.220 e. The zero-order valence-corrected chi connectivity index (χ0v) is 63.1. The molecule has 0 aromatic carbocycles. The number of nitrogens with one attached hydrogen (secondary N) is 1. The molecular formula is C83H145NO18. The highest BCUT2D eigenvalue weighted by Gasteiger charge is 2.54. The first kappa shape index (κ1) is 92.9. The van der Waals surface area contributed by atoms with Crippen LogP contribution in [0.4, 0.5) is 0 Å². The predicted molar refractivity (Wildman–Crippen MR) is 406 cm³/mol. The van der Waals surface area contributed by atoms with Gasteiger partial charge in [0.25, 0.3) is 0 Å². The monoisotopic (exact) mass is 1440 g/mol. The van der Waals surface area contributed by atoms with Crippen LogP contribution in [0.2, 0.25) is 0 Å². The average Bonchev–Trinajstić information content (AvgIpc) is 0.781. The van der Waals surface area contributed by atoms with Crippen LogP contribution in [0, 0.1) is 0 Å². The summed E-state index contributed by atoms with van der Waals surface area (Å²) in [4.78, 5) is 13.5. The zero-order chi connectivity index (χ0) is 73.9. The first-order valence-corrected chi connectivity index (χ1v) is 40.5. The van der Waals surface area contributed by atoms with E-state index in [-0.39, 0.29) is 18.9 Å². The van der Waals surface area contributed by atoms with E-state index < -0.39 is 124 Å². The summed E-state index contributed by atoms with van der Waals surface area (Å²) in [7, 11) is 0. The number of hydrogen-bond acceptors (Lipinski definition) is 18. The van der Waals surface area contributed by atoms with Gasteiger partial charge in [-0.15, -0.1) is 0 Å². The molecular weight excluding hydrogens is 1300 g/mol. The fourth-order valence-corrected chi connectivity index (χ4v) is 13.2. The molecule has 3 heterocycles. The second kappa shape index (κ2) is 62.7. The number of amides is 1. The topological polar surface area (TPSA) is 307 Å². The van der Waals surface area contributed by atoms with Crippen LogP contribution >= 0.6 is 0 Å². The van der Waals surface area contributed by atoms with Crippen molar-refractivity contribution in [3.05, 3.63) is 97.2 Å². The molecule has 3 rings (SSSR count). The number of aliphatic hydroxyl groups excluding tert-OH is 11. The molecule has 590 valence electrons. The molecule has 102 heavy (non-hydrogen) atoms. The number of aliphatic hydroxyl groups is 11. The second-order valence-electron chi connectivity index (χ2n) is 28.5. The van der Waals surface area contributed by atoms with Crippen molar-refractivity contribution in [3.8, 4) is 0 Å². The van der Waals surface area contributed by atoms with Crippen LogP contribution in [-0.2, 0) is 33.2 Å². The normalized spacial score (nSPS) is 26.7. The molecule has 1 amide bonds. The fourth-order valence-electron chi connectivity index (χ4n) is 13.2. The number of ether oxygens (including phenoxy) is 6. The van der Waals surface area contributed by atoms with Gasteiger partial charge in [0, 0.05) is 6.42 Å². The molecule has 0 saturated carbocycles. The highest BCUT2D eigenvalue weighted by molar-refractivity contribution is 5.76. The Bertz CT molecular complexity index is 2220. The lowest BCUT2D eigenvalue weighted by atomic mass is 9.96. The molecule has 17 atom stereocenters. The maximum atomic E-state index is 13.5. The lowest BCUT2D eigenvalue weighted by molar-refractivity contribution is -0.379.